The van der Waals surface area contributed by atoms with Gasteiger partial charge in [-0.2, -0.15) is 5.01 Å². The summed E-state index contributed by atoms with van der Waals surface area (Å²) in [6.07, 6.45) is 2.49. The number of nitro groups is 1. The van der Waals surface area contributed by atoms with Gasteiger partial charge < -0.3 is 0 Å². The first-order chi connectivity index (χ1) is 14.1. The molecule has 2 atom stereocenters. The topological polar surface area (TPSA) is 111 Å². The second-order valence-electron chi connectivity index (χ2n) is 7.51. The highest BCUT2D eigenvalue weighted by molar-refractivity contribution is 6.18. The van der Waals surface area contributed by atoms with E-state index in [1.807, 2.05) is 24.3 Å². The molecule has 9 heteroatoms. The van der Waals surface area contributed by atoms with Crippen molar-refractivity contribution in [3.05, 3.63) is 93.6 Å². The number of nitrogens with zero attached hydrogens (tertiary/aromatic N) is 5. The normalized spacial score (nSPS) is 28.8. The molecule has 2 bridgehead atoms. The summed E-state index contributed by atoms with van der Waals surface area (Å²) >= 11 is 0. The van der Waals surface area contributed by atoms with Crippen LogP contribution in [0.15, 0.2) is 61.2 Å². The van der Waals surface area contributed by atoms with E-state index in [0.717, 1.165) is 16.1 Å². The van der Waals surface area contributed by atoms with Crippen LogP contribution in [0.3, 0.4) is 0 Å². The molecule has 3 aromatic rings. The Hall–Kier alpha value is -3.88. The number of carbonyl (C=O) groups is 2. The highest BCUT2D eigenvalue weighted by atomic mass is 16.6. The minimum Gasteiger partial charge on any atom is -0.272 e. The van der Waals surface area contributed by atoms with E-state index in [4.69, 9.17) is 0 Å². The molecule has 0 N–H and O–H groups in total. The van der Waals surface area contributed by atoms with E-state index in [-0.39, 0.29) is 0 Å². The lowest BCUT2D eigenvalue weighted by Gasteiger charge is -2.48. The molecule has 0 radical (unpaired) electrons. The van der Waals surface area contributed by atoms with Crippen molar-refractivity contribution in [2.45, 2.75) is 11.5 Å². The molecule has 7 rings (SSSR count). The van der Waals surface area contributed by atoms with Gasteiger partial charge in [0.1, 0.15) is 18.6 Å². The Labute approximate surface area is 163 Å². The first-order valence-corrected chi connectivity index (χ1v) is 9.14. The molecule has 1 saturated heterocycles. The van der Waals surface area contributed by atoms with E-state index < -0.39 is 40.0 Å². The summed E-state index contributed by atoms with van der Waals surface area (Å²) in [5.41, 5.74) is 0.623. The van der Waals surface area contributed by atoms with Crippen molar-refractivity contribution < 1.29 is 14.5 Å². The third kappa shape index (κ3) is 1.63. The molecule has 29 heavy (non-hydrogen) atoms. The van der Waals surface area contributed by atoms with Crippen molar-refractivity contribution >= 4 is 11.8 Å². The minimum absolute atomic E-state index is 0.390. The maximum atomic E-state index is 13.5. The largest absolute Gasteiger partial charge is 0.285 e. The average molecular weight is 387 g/mol. The number of amides is 2. The zero-order chi connectivity index (χ0) is 19.9. The van der Waals surface area contributed by atoms with Gasteiger partial charge in [-0.15, -0.1) is 10.2 Å². The molecule has 2 aromatic carbocycles. The van der Waals surface area contributed by atoms with E-state index >= 15 is 0 Å². The molecule has 1 aliphatic heterocycles. The third-order valence-corrected chi connectivity index (χ3v) is 6.48. The molecular formula is C20H13N5O4. The van der Waals surface area contributed by atoms with Gasteiger partial charge in [-0.05, 0) is 11.1 Å². The summed E-state index contributed by atoms with van der Waals surface area (Å²) in [6.45, 7) is 0. The molecule has 4 aliphatic rings. The van der Waals surface area contributed by atoms with Crippen LogP contribution < -0.4 is 5.01 Å². The smallest absolute Gasteiger partial charge is 0.272 e. The van der Waals surface area contributed by atoms with Crippen LogP contribution in [0.4, 0.5) is 0 Å². The minimum atomic E-state index is -1.82. The van der Waals surface area contributed by atoms with E-state index in [1.165, 1.54) is 17.3 Å². The number of hydrogen-bond donors (Lipinski definition) is 0. The standard InChI is InChI=1S/C20H13N5O4/c26-18-16-15-11-5-1-3-7-13(11)20(25(28)29,14-8-4-2-6-12(14)15)17(16)19(27)24(18)23-9-21-22-10-23/h1-10,15-17H/t15?,16-,17-,20?/m0/s1. The van der Waals surface area contributed by atoms with E-state index in [2.05, 4.69) is 10.2 Å². The monoisotopic (exact) mass is 387 g/mol. The van der Waals surface area contributed by atoms with Crippen molar-refractivity contribution in [3.8, 4) is 0 Å². The molecule has 0 spiro atoms. The Morgan fingerprint density at radius 3 is 2.00 bits per heavy atom. The number of carbonyl (C=O) groups excluding carboxylic acids is 2. The molecule has 9 nitrogen and oxygen atoms in total. The first kappa shape index (κ1) is 16.1. The molecule has 1 aromatic heterocycles. The van der Waals surface area contributed by atoms with Crippen LogP contribution in [-0.2, 0) is 15.1 Å². The van der Waals surface area contributed by atoms with Gasteiger partial charge in [0, 0.05) is 22.0 Å². The van der Waals surface area contributed by atoms with Crippen molar-refractivity contribution in [3.63, 3.8) is 0 Å². The second kappa shape index (κ2) is 5.13. The van der Waals surface area contributed by atoms with E-state index in [1.54, 1.807) is 24.3 Å². The predicted octanol–water partition coefficient (Wildman–Crippen LogP) is 1.19. The van der Waals surface area contributed by atoms with Crippen LogP contribution >= 0.6 is 0 Å². The quantitative estimate of drug-likeness (QED) is 0.371. The molecule has 0 saturated carbocycles. The lowest BCUT2D eigenvalue weighted by Crippen LogP contribution is -2.57. The van der Waals surface area contributed by atoms with Crippen LogP contribution in [0.5, 0.6) is 0 Å². The zero-order valence-corrected chi connectivity index (χ0v) is 14.9. The van der Waals surface area contributed by atoms with Gasteiger partial charge >= 0.3 is 0 Å². The summed E-state index contributed by atoms with van der Waals surface area (Å²) in [5, 5.41) is 21.0. The Balaban J connectivity index is 1.72. The molecule has 1 fully saturated rings. The number of imide groups is 1. The van der Waals surface area contributed by atoms with Crippen molar-refractivity contribution in [1.82, 2.24) is 14.9 Å². The Kier molecular flexibility index (Phi) is 2.85. The van der Waals surface area contributed by atoms with Crippen molar-refractivity contribution in [1.29, 1.82) is 0 Å². The Bertz CT molecular complexity index is 1170. The van der Waals surface area contributed by atoms with E-state index in [9.17, 15) is 19.7 Å². The van der Waals surface area contributed by atoms with Crippen LogP contribution in [0, 0.1) is 22.0 Å². The molecule has 2 amide bonds. The van der Waals surface area contributed by atoms with Crippen molar-refractivity contribution in [2.24, 2.45) is 11.8 Å². The fraction of sp³-hybridized carbons (Fsp3) is 0.200. The fourth-order valence-corrected chi connectivity index (χ4v) is 5.55. The summed E-state index contributed by atoms with van der Waals surface area (Å²) in [7, 11) is 0. The molecule has 0 unspecified atom stereocenters. The SMILES string of the molecule is O=C1[C@@H]2[C@@H](C(=O)N1n1cnnc1)C1c3ccccc3C2([N+](=O)[O-])c2ccccc21. The van der Waals surface area contributed by atoms with Crippen LogP contribution in [0.25, 0.3) is 0 Å². The van der Waals surface area contributed by atoms with Gasteiger partial charge in [0.05, 0.1) is 5.92 Å². The van der Waals surface area contributed by atoms with Gasteiger partial charge in [-0.3, -0.25) is 19.7 Å². The maximum Gasteiger partial charge on any atom is 0.285 e. The molecular weight excluding hydrogens is 374 g/mol. The number of rotatable bonds is 2. The van der Waals surface area contributed by atoms with Gasteiger partial charge in [-0.1, -0.05) is 48.5 Å². The highest BCUT2D eigenvalue weighted by Gasteiger charge is 2.75. The Morgan fingerprint density at radius 1 is 0.897 bits per heavy atom. The summed E-state index contributed by atoms with van der Waals surface area (Å²) in [4.78, 5) is 39.3. The second-order valence-corrected chi connectivity index (χ2v) is 7.51. The van der Waals surface area contributed by atoms with Crippen LogP contribution in [0.2, 0.25) is 0 Å². The number of aromatic nitrogens is 3. The van der Waals surface area contributed by atoms with Gasteiger partial charge in [0.15, 0.2) is 0 Å². The van der Waals surface area contributed by atoms with Gasteiger partial charge in [0.25, 0.3) is 17.4 Å². The predicted molar refractivity (Wildman–Crippen MR) is 97.7 cm³/mol. The number of hydrogen-bond acceptors (Lipinski definition) is 6. The lowest BCUT2D eigenvalue weighted by molar-refractivity contribution is -0.578. The fourth-order valence-electron chi connectivity index (χ4n) is 5.55. The summed E-state index contributed by atoms with van der Waals surface area (Å²) in [5.74, 6) is -3.50. The number of benzene rings is 2. The zero-order valence-electron chi connectivity index (χ0n) is 14.9. The van der Waals surface area contributed by atoms with Crippen molar-refractivity contribution in [2.75, 3.05) is 5.01 Å². The Morgan fingerprint density at radius 2 is 1.45 bits per heavy atom. The lowest BCUT2D eigenvalue weighted by atomic mass is 9.51. The molecule has 2 heterocycles. The van der Waals surface area contributed by atoms with Gasteiger partial charge in [0.2, 0.25) is 0 Å². The van der Waals surface area contributed by atoms with E-state index in [0.29, 0.717) is 11.1 Å². The highest BCUT2D eigenvalue weighted by Crippen LogP contribution is 2.63. The van der Waals surface area contributed by atoms with Crippen LogP contribution in [-0.4, -0.2) is 31.6 Å². The third-order valence-electron chi connectivity index (χ3n) is 6.48. The van der Waals surface area contributed by atoms with Gasteiger partial charge in [-0.25, -0.2) is 4.68 Å². The molecule has 142 valence electrons. The average Bonchev–Trinajstić information content (AvgIpc) is 3.35. The maximum absolute atomic E-state index is 13.5. The summed E-state index contributed by atoms with van der Waals surface area (Å²) in [6, 6.07) is 14.1. The summed E-state index contributed by atoms with van der Waals surface area (Å²) < 4.78 is 1.20. The van der Waals surface area contributed by atoms with Crippen LogP contribution in [0.1, 0.15) is 28.2 Å². The molecule has 3 aliphatic carbocycles. The first-order valence-electron chi connectivity index (χ1n) is 9.14.